The first-order chi connectivity index (χ1) is 10.4. The van der Waals surface area contributed by atoms with E-state index in [1.165, 1.54) is 0 Å². The van der Waals surface area contributed by atoms with Gasteiger partial charge in [0.2, 0.25) is 0 Å². The van der Waals surface area contributed by atoms with Gasteiger partial charge in [0.1, 0.15) is 0 Å². The zero-order valence-corrected chi connectivity index (χ0v) is 13.0. The summed E-state index contributed by atoms with van der Waals surface area (Å²) in [6, 6.07) is 1.95. The number of hydrogen-bond donors (Lipinski definition) is 2. The zero-order valence-electron chi connectivity index (χ0n) is 13.0. The number of piperidine rings is 1. The molecular weight excluding hydrogens is 293 g/mol. The minimum atomic E-state index is -1.48. The molecule has 1 aliphatic heterocycles. The lowest BCUT2D eigenvalue weighted by Crippen LogP contribution is -2.46. The molecule has 1 aromatic carbocycles. The van der Waals surface area contributed by atoms with Gasteiger partial charge in [-0.3, -0.25) is 0 Å². The summed E-state index contributed by atoms with van der Waals surface area (Å²) in [5.41, 5.74) is 0.227. The molecule has 0 saturated carbocycles. The van der Waals surface area contributed by atoms with Crippen LogP contribution in [0.25, 0.3) is 0 Å². The molecule has 6 heteroatoms. The van der Waals surface area contributed by atoms with E-state index >= 15 is 0 Å². The monoisotopic (exact) mass is 316 g/mol. The Hall–Kier alpha value is -1.11. The topological polar surface area (TPSA) is 35.5 Å². The van der Waals surface area contributed by atoms with Gasteiger partial charge in [-0.1, -0.05) is 0 Å². The minimum absolute atomic E-state index is 0.170. The number of rotatable bonds is 5. The molecule has 2 N–H and O–H groups in total. The lowest BCUT2D eigenvalue weighted by atomic mass is 10.00. The smallest absolute Gasteiger partial charge is 0.194 e. The lowest BCUT2D eigenvalue weighted by Gasteiger charge is -2.36. The van der Waals surface area contributed by atoms with Crippen molar-refractivity contribution < 1.29 is 18.3 Å². The Morgan fingerprint density at radius 3 is 2.18 bits per heavy atom. The summed E-state index contributed by atoms with van der Waals surface area (Å²) in [4.78, 5) is 2.36. The summed E-state index contributed by atoms with van der Waals surface area (Å²) < 4.78 is 39.7. The van der Waals surface area contributed by atoms with Crippen molar-refractivity contribution in [1.29, 1.82) is 0 Å². The summed E-state index contributed by atoms with van der Waals surface area (Å²) in [5.74, 6) is -3.94. The van der Waals surface area contributed by atoms with E-state index in [0.717, 1.165) is 38.1 Å². The summed E-state index contributed by atoms with van der Waals surface area (Å²) in [6.45, 7) is 5.89. The van der Waals surface area contributed by atoms with E-state index < -0.39 is 23.5 Å². The predicted molar refractivity (Wildman–Crippen MR) is 79.0 cm³/mol. The first-order valence-corrected chi connectivity index (χ1v) is 7.67. The quantitative estimate of drug-likeness (QED) is 0.820. The maximum absolute atomic E-state index is 13.3. The van der Waals surface area contributed by atoms with Crippen molar-refractivity contribution in [1.82, 2.24) is 10.2 Å². The zero-order chi connectivity index (χ0) is 16.3. The third kappa shape index (κ3) is 4.00. The molecule has 1 saturated heterocycles. The first kappa shape index (κ1) is 17.2. The Morgan fingerprint density at radius 1 is 1.18 bits per heavy atom. The molecule has 1 unspecified atom stereocenters. The molecule has 1 aromatic rings. The van der Waals surface area contributed by atoms with Crippen molar-refractivity contribution in [3.05, 3.63) is 35.1 Å². The van der Waals surface area contributed by atoms with Crippen LogP contribution in [0, 0.1) is 17.5 Å². The van der Waals surface area contributed by atoms with Gasteiger partial charge < -0.3 is 15.3 Å². The molecule has 0 amide bonds. The van der Waals surface area contributed by atoms with E-state index in [2.05, 4.69) is 24.1 Å². The highest BCUT2D eigenvalue weighted by atomic mass is 19.2. The van der Waals surface area contributed by atoms with Gasteiger partial charge in [-0.05, 0) is 57.5 Å². The van der Waals surface area contributed by atoms with Crippen molar-refractivity contribution in [2.75, 3.05) is 19.7 Å². The van der Waals surface area contributed by atoms with E-state index in [-0.39, 0.29) is 18.2 Å². The second kappa shape index (κ2) is 7.44. The third-order valence-electron chi connectivity index (χ3n) is 4.29. The molecule has 1 atom stereocenters. The molecule has 1 heterocycles. The summed E-state index contributed by atoms with van der Waals surface area (Å²) in [7, 11) is 0. The average Bonchev–Trinajstić information content (AvgIpc) is 2.50. The highest BCUT2D eigenvalue weighted by Crippen LogP contribution is 2.22. The van der Waals surface area contributed by atoms with Crippen LogP contribution in [0.3, 0.4) is 0 Å². The van der Waals surface area contributed by atoms with Gasteiger partial charge in [0.25, 0.3) is 0 Å². The number of nitrogens with one attached hydrogen (secondary N) is 1. The number of aliphatic hydroxyl groups excluding tert-OH is 1. The van der Waals surface area contributed by atoms with Crippen LogP contribution in [0.1, 0.15) is 38.3 Å². The van der Waals surface area contributed by atoms with Gasteiger partial charge in [0, 0.05) is 12.1 Å². The van der Waals surface area contributed by atoms with E-state index in [1.54, 1.807) is 0 Å². The number of hydrogen-bond acceptors (Lipinski definition) is 3. The number of halogens is 3. The SMILES string of the molecule is CC(C)N1CCC(NC(CO)c2cc(F)c(F)c(F)c2)CC1. The number of benzene rings is 1. The number of likely N-dealkylation sites (tertiary alicyclic amines) is 1. The molecule has 1 fully saturated rings. The van der Waals surface area contributed by atoms with Gasteiger partial charge in [-0.25, -0.2) is 13.2 Å². The molecule has 2 rings (SSSR count). The van der Waals surface area contributed by atoms with Gasteiger partial charge in [0.15, 0.2) is 17.5 Å². The van der Waals surface area contributed by atoms with Crippen LogP contribution < -0.4 is 5.32 Å². The van der Waals surface area contributed by atoms with Crippen LogP contribution in [0.2, 0.25) is 0 Å². The molecule has 22 heavy (non-hydrogen) atoms. The van der Waals surface area contributed by atoms with Gasteiger partial charge in [0.05, 0.1) is 12.6 Å². The van der Waals surface area contributed by atoms with Crippen molar-refractivity contribution in [3.63, 3.8) is 0 Å². The van der Waals surface area contributed by atoms with Crippen LogP contribution in [0.15, 0.2) is 12.1 Å². The van der Waals surface area contributed by atoms with Crippen LogP contribution >= 0.6 is 0 Å². The number of aliphatic hydroxyl groups is 1. The second-order valence-corrected chi connectivity index (χ2v) is 6.10. The molecule has 0 radical (unpaired) electrons. The number of nitrogens with zero attached hydrogens (tertiary/aromatic N) is 1. The van der Waals surface area contributed by atoms with Crippen LogP contribution in [0.5, 0.6) is 0 Å². The summed E-state index contributed by atoms with van der Waals surface area (Å²) >= 11 is 0. The molecule has 3 nitrogen and oxygen atoms in total. The molecule has 0 bridgehead atoms. The van der Waals surface area contributed by atoms with Crippen LogP contribution in [0.4, 0.5) is 13.2 Å². The molecule has 0 spiro atoms. The van der Waals surface area contributed by atoms with Crippen LogP contribution in [-0.4, -0.2) is 41.8 Å². The fourth-order valence-corrected chi connectivity index (χ4v) is 2.90. The van der Waals surface area contributed by atoms with E-state index in [0.29, 0.717) is 6.04 Å². The van der Waals surface area contributed by atoms with E-state index in [4.69, 9.17) is 0 Å². The molecular formula is C16H23F3N2O. The third-order valence-corrected chi connectivity index (χ3v) is 4.29. The normalized spacial score (nSPS) is 18.9. The van der Waals surface area contributed by atoms with Crippen LogP contribution in [-0.2, 0) is 0 Å². The van der Waals surface area contributed by atoms with Gasteiger partial charge in [-0.2, -0.15) is 0 Å². The Morgan fingerprint density at radius 2 is 1.73 bits per heavy atom. The summed E-state index contributed by atoms with van der Waals surface area (Å²) in [5, 5.41) is 12.7. The van der Waals surface area contributed by atoms with Crippen molar-refractivity contribution >= 4 is 0 Å². The van der Waals surface area contributed by atoms with Gasteiger partial charge >= 0.3 is 0 Å². The summed E-state index contributed by atoms with van der Waals surface area (Å²) in [6.07, 6.45) is 1.81. The maximum atomic E-state index is 13.3. The highest BCUT2D eigenvalue weighted by molar-refractivity contribution is 5.23. The highest BCUT2D eigenvalue weighted by Gasteiger charge is 2.24. The Bertz CT molecular complexity index is 479. The van der Waals surface area contributed by atoms with Gasteiger partial charge in [-0.15, -0.1) is 0 Å². The predicted octanol–water partition coefficient (Wildman–Crippen LogP) is 2.60. The van der Waals surface area contributed by atoms with Crippen molar-refractivity contribution in [2.24, 2.45) is 0 Å². The maximum Gasteiger partial charge on any atom is 0.194 e. The van der Waals surface area contributed by atoms with Crippen molar-refractivity contribution in [3.8, 4) is 0 Å². The fraction of sp³-hybridized carbons (Fsp3) is 0.625. The van der Waals surface area contributed by atoms with E-state index in [1.807, 2.05) is 0 Å². The minimum Gasteiger partial charge on any atom is -0.394 e. The molecule has 124 valence electrons. The first-order valence-electron chi connectivity index (χ1n) is 7.67. The lowest BCUT2D eigenvalue weighted by molar-refractivity contribution is 0.146. The molecule has 0 aromatic heterocycles. The standard InChI is InChI=1S/C16H23F3N2O/c1-10(2)21-5-3-12(4-6-21)20-15(9-22)11-7-13(17)16(19)14(18)8-11/h7-8,10,12,15,20,22H,3-6,9H2,1-2H3. The van der Waals surface area contributed by atoms with Crippen molar-refractivity contribution in [2.45, 2.75) is 44.8 Å². The fourth-order valence-electron chi connectivity index (χ4n) is 2.90. The molecule has 1 aliphatic rings. The molecule has 0 aliphatic carbocycles. The Labute approximate surface area is 129 Å². The van der Waals surface area contributed by atoms with E-state index in [9.17, 15) is 18.3 Å². The average molecular weight is 316 g/mol. The second-order valence-electron chi connectivity index (χ2n) is 6.10. The Kier molecular flexibility index (Phi) is 5.83. The Balaban J connectivity index is 2.01. The largest absolute Gasteiger partial charge is 0.394 e.